The van der Waals surface area contributed by atoms with Crippen molar-refractivity contribution >= 4 is 23.0 Å². The fraction of sp³-hybridized carbons (Fsp3) is 0.182. The third-order valence-corrected chi connectivity index (χ3v) is 1.94. The molecule has 0 bridgehead atoms. The van der Waals surface area contributed by atoms with Gasteiger partial charge < -0.3 is 15.4 Å². The first-order valence-electron chi connectivity index (χ1n) is 4.75. The van der Waals surface area contributed by atoms with Gasteiger partial charge in [-0.2, -0.15) is 0 Å². The van der Waals surface area contributed by atoms with Gasteiger partial charge in [-0.3, -0.25) is 0 Å². The molecule has 0 aliphatic rings. The van der Waals surface area contributed by atoms with Crippen molar-refractivity contribution < 1.29 is 17.9 Å². The van der Waals surface area contributed by atoms with E-state index in [-0.39, 0.29) is 17.4 Å². The van der Waals surface area contributed by atoms with Crippen LogP contribution in [-0.4, -0.2) is 18.0 Å². The lowest BCUT2D eigenvalue weighted by Crippen LogP contribution is -2.28. The second-order valence-electron chi connectivity index (χ2n) is 3.08. The van der Waals surface area contributed by atoms with Gasteiger partial charge in [0.1, 0.15) is 5.75 Å². The Morgan fingerprint density at radius 2 is 1.94 bits per heavy atom. The van der Waals surface area contributed by atoms with Crippen molar-refractivity contribution in [2.24, 2.45) is 0 Å². The van der Waals surface area contributed by atoms with Gasteiger partial charge >= 0.3 is 6.36 Å². The maximum atomic E-state index is 11.9. The van der Waals surface area contributed by atoms with Gasteiger partial charge in [0.15, 0.2) is 5.11 Å². The summed E-state index contributed by atoms with van der Waals surface area (Å²) >= 11 is 4.89. The average molecular weight is 274 g/mol. The van der Waals surface area contributed by atoms with E-state index in [4.69, 9.17) is 18.6 Å². The Balaban J connectivity index is 2.56. The van der Waals surface area contributed by atoms with Crippen LogP contribution in [-0.2, 0) is 0 Å². The molecule has 0 fully saturated rings. The van der Waals surface area contributed by atoms with Crippen LogP contribution < -0.4 is 15.4 Å². The molecule has 1 rings (SSSR count). The van der Waals surface area contributed by atoms with Crippen molar-refractivity contribution in [1.29, 1.82) is 0 Å². The maximum absolute atomic E-state index is 11.9. The number of benzene rings is 1. The van der Waals surface area contributed by atoms with Crippen molar-refractivity contribution in [3.8, 4) is 18.1 Å². The first-order valence-corrected chi connectivity index (χ1v) is 5.15. The third kappa shape index (κ3) is 5.41. The Morgan fingerprint density at radius 1 is 1.33 bits per heavy atom. The summed E-state index contributed by atoms with van der Waals surface area (Å²) in [7, 11) is 0. The van der Waals surface area contributed by atoms with Crippen molar-refractivity contribution in [3.63, 3.8) is 0 Å². The quantitative estimate of drug-likeness (QED) is 0.655. The number of anilines is 1. The summed E-state index contributed by atoms with van der Waals surface area (Å²) in [6, 6.07) is 5.18. The summed E-state index contributed by atoms with van der Waals surface area (Å²) in [4.78, 5) is 0. The number of hydrogen-bond acceptors (Lipinski definition) is 2. The molecule has 1 aromatic rings. The molecule has 0 spiro atoms. The summed E-state index contributed by atoms with van der Waals surface area (Å²) in [5.74, 6) is 2.04. The van der Waals surface area contributed by atoms with Gasteiger partial charge in [-0.15, -0.1) is 19.6 Å². The Hall–Kier alpha value is -1.94. The van der Waals surface area contributed by atoms with Gasteiger partial charge in [-0.05, 0) is 36.5 Å². The highest BCUT2D eigenvalue weighted by molar-refractivity contribution is 7.80. The third-order valence-electron chi connectivity index (χ3n) is 1.70. The normalized spacial score (nSPS) is 10.3. The zero-order valence-electron chi connectivity index (χ0n) is 9.04. The lowest BCUT2D eigenvalue weighted by molar-refractivity contribution is -0.274. The van der Waals surface area contributed by atoms with Gasteiger partial charge in [0.2, 0.25) is 0 Å². The second kappa shape index (κ2) is 6.12. The summed E-state index contributed by atoms with van der Waals surface area (Å²) in [5.41, 5.74) is 0.527. The standard InChI is InChI=1S/C11H9F3N2OS/c1-2-7-15-10(18)16-8-3-5-9(6-4-8)17-11(12,13)14/h1,3-6H,7H2,(H2,15,16,18). The van der Waals surface area contributed by atoms with Crippen LogP contribution in [0.4, 0.5) is 18.9 Å². The van der Waals surface area contributed by atoms with Crippen LogP contribution >= 0.6 is 12.2 Å². The van der Waals surface area contributed by atoms with Crippen LogP contribution in [0.1, 0.15) is 0 Å². The highest BCUT2D eigenvalue weighted by Gasteiger charge is 2.30. The topological polar surface area (TPSA) is 33.3 Å². The Labute approximate surface area is 107 Å². The van der Waals surface area contributed by atoms with Crippen molar-refractivity contribution in [3.05, 3.63) is 24.3 Å². The molecule has 0 aliphatic carbocycles. The van der Waals surface area contributed by atoms with Crippen LogP contribution in [0.3, 0.4) is 0 Å². The number of alkyl halides is 3. The largest absolute Gasteiger partial charge is 0.573 e. The molecule has 0 radical (unpaired) electrons. The Morgan fingerprint density at radius 3 is 2.44 bits per heavy atom. The van der Waals surface area contributed by atoms with E-state index >= 15 is 0 Å². The van der Waals surface area contributed by atoms with E-state index in [1.807, 2.05) is 0 Å². The molecule has 0 aromatic heterocycles. The predicted octanol–water partition coefficient (Wildman–Crippen LogP) is 2.50. The number of ether oxygens (including phenoxy) is 1. The van der Waals surface area contributed by atoms with Gasteiger partial charge in [0.05, 0.1) is 6.54 Å². The SMILES string of the molecule is C#CCNC(=S)Nc1ccc(OC(F)(F)F)cc1. The Kier molecular flexibility index (Phi) is 4.80. The minimum Gasteiger partial charge on any atom is -0.406 e. The monoisotopic (exact) mass is 274 g/mol. The number of terminal acetylenes is 1. The molecule has 0 saturated carbocycles. The molecule has 2 N–H and O–H groups in total. The zero-order valence-corrected chi connectivity index (χ0v) is 9.86. The molecular formula is C11H9F3N2OS. The lowest BCUT2D eigenvalue weighted by atomic mass is 10.3. The van der Waals surface area contributed by atoms with Gasteiger partial charge in [-0.25, -0.2) is 0 Å². The van der Waals surface area contributed by atoms with E-state index in [0.717, 1.165) is 0 Å². The fourth-order valence-corrected chi connectivity index (χ4v) is 1.24. The molecule has 18 heavy (non-hydrogen) atoms. The molecule has 0 heterocycles. The van der Waals surface area contributed by atoms with Crippen LogP contribution in [0.5, 0.6) is 5.75 Å². The summed E-state index contributed by atoms with van der Waals surface area (Å²) in [5, 5.41) is 5.75. The van der Waals surface area contributed by atoms with E-state index in [9.17, 15) is 13.2 Å². The first-order chi connectivity index (χ1) is 8.40. The van der Waals surface area contributed by atoms with Crippen LogP contribution in [0, 0.1) is 12.3 Å². The highest BCUT2D eigenvalue weighted by atomic mass is 32.1. The molecule has 3 nitrogen and oxygen atoms in total. The van der Waals surface area contributed by atoms with Crippen molar-refractivity contribution in [2.75, 3.05) is 11.9 Å². The summed E-state index contributed by atoms with van der Waals surface area (Å²) in [6.45, 7) is 0.265. The van der Waals surface area contributed by atoms with Gasteiger partial charge in [0, 0.05) is 5.69 Å². The Bertz CT molecular complexity index is 451. The number of nitrogens with one attached hydrogen (secondary N) is 2. The molecular weight excluding hydrogens is 265 g/mol. The molecule has 96 valence electrons. The van der Waals surface area contributed by atoms with E-state index in [2.05, 4.69) is 21.3 Å². The lowest BCUT2D eigenvalue weighted by Gasteiger charge is -2.11. The van der Waals surface area contributed by atoms with E-state index in [0.29, 0.717) is 5.69 Å². The predicted molar refractivity (Wildman–Crippen MR) is 66.2 cm³/mol. The number of rotatable bonds is 3. The average Bonchev–Trinajstić information content (AvgIpc) is 2.27. The number of halogens is 3. The molecule has 7 heteroatoms. The first kappa shape index (κ1) is 14.1. The molecule has 1 aromatic carbocycles. The molecule has 0 amide bonds. The van der Waals surface area contributed by atoms with Crippen LogP contribution in [0.15, 0.2) is 24.3 Å². The smallest absolute Gasteiger partial charge is 0.406 e. The molecule has 0 unspecified atom stereocenters. The van der Waals surface area contributed by atoms with E-state index in [1.54, 1.807) is 0 Å². The zero-order chi connectivity index (χ0) is 13.6. The number of hydrogen-bond donors (Lipinski definition) is 2. The number of thiocarbonyl (C=S) groups is 1. The molecule has 0 atom stereocenters. The minimum atomic E-state index is -4.70. The van der Waals surface area contributed by atoms with Crippen molar-refractivity contribution in [1.82, 2.24) is 5.32 Å². The summed E-state index contributed by atoms with van der Waals surface area (Å²) in [6.07, 6.45) is 0.330. The van der Waals surface area contributed by atoms with Crippen molar-refractivity contribution in [2.45, 2.75) is 6.36 Å². The van der Waals surface area contributed by atoms with E-state index in [1.165, 1.54) is 24.3 Å². The molecule has 0 saturated heterocycles. The maximum Gasteiger partial charge on any atom is 0.573 e. The molecule has 0 aliphatic heterocycles. The highest BCUT2D eigenvalue weighted by Crippen LogP contribution is 2.23. The van der Waals surface area contributed by atoms with Gasteiger partial charge in [0.25, 0.3) is 0 Å². The van der Waals surface area contributed by atoms with Crippen LogP contribution in [0.2, 0.25) is 0 Å². The van der Waals surface area contributed by atoms with Crippen LogP contribution in [0.25, 0.3) is 0 Å². The van der Waals surface area contributed by atoms with E-state index < -0.39 is 6.36 Å². The second-order valence-corrected chi connectivity index (χ2v) is 3.49. The summed E-state index contributed by atoms with van der Waals surface area (Å²) < 4.78 is 39.4. The van der Waals surface area contributed by atoms with Gasteiger partial charge in [-0.1, -0.05) is 5.92 Å². The minimum absolute atomic E-state index is 0.265. The fourth-order valence-electron chi connectivity index (χ4n) is 1.05.